The Morgan fingerprint density at radius 1 is 1.43 bits per heavy atom. The van der Waals surface area contributed by atoms with E-state index in [2.05, 4.69) is 30.7 Å². The predicted molar refractivity (Wildman–Crippen MR) is 110 cm³/mol. The van der Waals surface area contributed by atoms with Crippen LogP contribution >= 0.6 is 0 Å². The highest BCUT2D eigenvalue weighted by atomic mass is 16.5. The molecule has 0 aromatic carbocycles. The number of rotatable bonds is 3. The molecule has 2 atom stereocenters. The Morgan fingerprint density at radius 3 is 2.75 bits per heavy atom. The number of nitrogens with zero attached hydrogens (tertiary/aromatic N) is 2. The van der Waals surface area contributed by atoms with Gasteiger partial charge in [-0.05, 0) is 38.5 Å². The number of aliphatic hydroxyl groups is 1. The molecule has 2 unspecified atom stereocenters. The van der Waals surface area contributed by atoms with Crippen molar-refractivity contribution in [1.82, 2.24) is 9.55 Å². The highest BCUT2D eigenvalue weighted by Gasteiger charge is 2.38. The molecular formula is C22H27N3O3. The Hall–Kier alpha value is -2.52. The lowest BCUT2D eigenvalue weighted by Crippen LogP contribution is -2.24. The maximum atomic E-state index is 12.7. The third-order valence-corrected chi connectivity index (χ3v) is 5.79. The van der Waals surface area contributed by atoms with Crippen LogP contribution in [0.2, 0.25) is 0 Å². The fourth-order valence-electron chi connectivity index (χ4n) is 3.72. The summed E-state index contributed by atoms with van der Waals surface area (Å²) in [5, 5.41) is 11.3. The zero-order valence-electron chi connectivity index (χ0n) is 17.1. The van der Waals surface area contributed by atoms with Crippen LogP contribution in [0.1, 0.15) is 50.4 Å². The van der Waals surface area contributed by atoms with E-state index in [1.807, 2.05) is 6.92 Å². The number of H-pyrrole nitrogens is 1. The second kappa shape index (κ2) is 6.52. The van der Waals surface area contributed by atoms with Crippen LogP contribution in [-0.2, 0) is 11.8 Å². The van der Waals surface area contributed by atoms with Gasteiger partial charge >= 0.3 is 0 Å². The molecule has 1 aliphatic carbocycles. The lowest BCUT2D eigenvalue weighted by Gasteiger charge is -2.14. The average Bonchev–Trinajstić information content (AvgIpc) is 3.29. The number of nitrogens with one attached hydrogen (secondary N) is 1. The molecule has 0 radical (unpaired) electrons. The topological polar surface area (TPSA) is 79.6 Å². The number of aromatic amines is 1. The SMILES string of the molecule is Cc1[nH]c2c(=O)n(C)cc(C#CC(C)(O)C3CC3)c2c1C1=NC(C(C)C)CO1. The molecule has 148 valence electrons. The monoisotopic (exact) mass is 381 g/mol. The second-order valence-corrected chi connectivity index (χ2v) is 8.56. The molecule has 0 amide bonds. The minimum Gasteiger partial charge on any atom is -0.475 e. The third kappa shape index (κ3) is 3.14. The molecule has 2 N–H and O–H groups in total. The van der Waals surface area contributed by atoms with Crippen molar-refractivity contribution in [3.8, 4) is 11.8 Å². The van der Waals surface area contributed by atoms with Crippen LogP contribution in [0.25, 0.3) is 10.9 Å². The van der Waals surface area contributed by atoms with Gasteiger partial charge in [-0.3, -0.25) is 4.79 Å². The van der Waals surface area contributed by atoms with Crippen LogP contribution in [0.5, 0.6) is 0 Å². The van der Waals surface area contributed by atoms with Crippen LogP contribution < -0.4 is 5.56 Å². The molecule has 0 bridgehead atoms. The van der Waals surface area contributed by atoms with Crippen LogP contribution in [-0.4, -0.2) is 38.8 Å². The number of aromatic nitrogens is 2. The van der Waals surface area contributed by atoms with E-state index in [-0.39, 0.29) is 17.5 Å². The number of aliphatic imine (C=N–C) groups is 1. The van der Waals surface area contributed by atoms with Crippen LogP contribution in [0.15, 0.2) is 16.0 Å². The standard InChI is InChI=1S/C22H27N3O3/c1-12(2)16-11-28-20(24-16)17-13(3)23-19-18(17)14(10-25(5)21(19)26)8-9-22(4,27)15-6-7-15/h10,12,15-16,23,27H,6-7,11H2,1-5H3. The highest BCUT2D eigenvalue weighted by molar-refractivity contribution is 6.10. The van der Waals surface area contributed by atoms with Gasteiger partial charge in [0.15, 0.2) is 0 Å². The van der Waals surface area contributed by atoms with E-state index < -0.39 is 5.60 Å². The van der Waals surface area contributed by atoms with Crippen molar-refractivity contribution in [2.45, 2.75) is 52.2 Å². The second-order valence-electron chi connectivity index (χ2n) is 8.56. The number of pyridine rings is 1. The molecule has 2 aromatic rings. The van der Waals surface area contributed by atoms with Gasteiger partial charge in [0.05, 0.1) is 17.2 Å². The Balaban J connectivity index is 1.91. The van der Waals surface area contributed by atoms with Crippen molar-refractivity contribution in [2.24, 2.45) is 23.9 Å². The Kier molecular flexibility index (Phi) is 4.39. The minimum absolute atomic E-state index is 0.107. The van der Waals surface area contributed by atoms with E-state index in [9.17, 15) is 9.90 Å². The van der Waals surface area contributed by atoms with Gasteiger partial charge in [-0.1, -0.05) is 25.7 Å². The summed E-state index contributed by atoms with van der Waals surface area (Å²) in [4.78, 5) is 20.7. The lowest BCUT2D eigenvalue weighted by atomic mass is 10.00. The fraction of sp³-hybridized carbons (Fsp3) is 0.545. The first-order valence-electron chi connectivity index (χ1n) is 9.87. The molecular weight excluding hydrogens is 354 g/mol. The molecule has 2 aliphatic rings. The number of ether oxygens (including phenoxy) is 1. The minimum atomic E-state index is -1.02. The highest BCUT2D eigenvalue weighted by Crippen LogP contribution is 2.39. The number of hydrogen-bond acceptors (Lipinski definition) is 4. The summed E-state index contributed by atoms with van der Waals surface area (Å²) < 4.78 is 7.42. The molecule has 6 nitrogen and oxygen atoms in total. The summed E-state index contributed by atoms with van der Waals surface area (Å²) in [7, 11) is 1.71. The molecule has 0 saturated heterocycles. The van der Waals surface area contributed by atoms with Gasteiger partial charge in [-0.15, -0.1) is 0 Å². The summed E-state index contributed by atoms with van der Waals surface area (Å²) in [6, 6.07) is 0.107. The van der Waals surface area contributed by atoms with E-state index in [0.717, 1.165) is 29.5 Å². The number of aryl methyl sites for hydroxylation is 2. The van der Waals surface area contributed by atoms with Gasteiger partial charge in [0.2, 0.25) is 5.90 Å². The normalized spacial score (nSPS) is 21.2. The van der Waals surface area contributed by atoms with Gasteiger partial charge < -0.3 is 19.4 Å². The fourth-order valence-corrected chi connectivity index (χ4v) is 3.72. The predicted octanol–water partition coefficient (Wildman–Crippen LogP) is 2.49. The van der Waals surface area contributed by atoms with E-state index in [1.165, 1.54) is 4.57 Å². The van der Waals surface area contributed by atoms with E-state index >= 15 is 0 Å². The first kappa shape index (κ1) is 18.8. The molecule has 2 aromatic heterocycles. The van der Waals surface area contributed by atoms with Gasteiger partial charge in [0.1, 0.15) is 17.7 Å². The van der Waals surface area contributed by atoms with Crippen molar-refractivity contribution in [1.29, 1.82) is 0 Å². The van der Waals surface area contributed by atoms with Crippen LogP contribution in [0.3, 0.4) is 0 Å². The lowest BCUT2D eigenvalue weighted by molar-refractivity contribution is 0.0980. The summed E-state index contributed by atoms with van der Waals surface area (Å²) in [5.74, 6) is 7.33. The smallest absolute Gasteiger partial charge is 0.274 e. The molecule has 1 fully saturated rings. The summed E-state index contributed by atoms with van der Waals surface area (Å²) in [6.45, 7) is 8.46. The van der Waals surface area contributed by atoms with Crippen LogP contribution in [0, 0.1) is 30.6 Å². The van der Waals surface area contributed by atoms with Crippen molar-refractivity contribution >= 4 is 16.8 Å². The number of fused-ring (bicyclic) bond motifs is 1. The molecule has 1 aliphatic heterocycles. The molecule has 3 heterocycles. The van der Waals surface area contributed by atoms with Crippen molar-refractivity contribution < 1.29 is 9.84 Å². The quantitative estimate of drug-likeness (QED) is 0.802. The Morgan fingerprint density at radius 2 is 2.14 bits per heavy atom. The summed E-state index contributed by atoms with van der Waals surface area (Å²) >= 11 is 0. The molecule has 0 spiro atoms. The largest absolute Gasteiger partial charge is 0.475 e. The summed E-state index contributed by atoms with van der Waals surface area (Å²) in [5.41, 5.74) is 1.67. The maximum Gasteiger partial charge on any atom is 0.274 e. The maximum absolute atomic E-state index is 12.7. The Bertz CT molecular complexity index is 1090. The van der Waals surface area contributed by atoms with Crippen molar-refractivity contribution in [2.75, 3.05) is 6.61 Å². The van der Waals surface area contributed by atoms with Gasteiger partial charge in [0.25, 0.3) is 5.56 Å². The van der Waals surface area contributed by atoms with Crippen LogP contribution in [0.4, 0.5) is 0 Å². The van der Waals surface area contributed by atoms with E-state index in [4.69, 9.17) is 9.73 Å². The van der Waals surface area contributed by atoms with Crippen molar-refractivity contribution in [3.05, 3.63) is 33.4 Å². The van der Waals surface area contributed by atoms with E-state index in [1.54, 1.807) is 20.2 Å². The molecule has 4 rings (SSSR count). The van der Waals surface area contributed by atoms with Crippen molar-refractivity contribution in [3.63, 3.8) is 0 Å². The van der Waals surface area contributed by atoms with Gasteiger partial charge in [-0.25, -0.2) is 4.99 Å². The molecule has 28 heavy (non-hydrogen) atoms. The van der Waals surface area contributed by atoms with Gasteiger partial charge in [-0.2, -0.15) is 0 Å². The third-order valence-electron chi connectivity index (χ3n) is 5.79. The number of hydrogen-bond donors (Lipinski definition) is 2. The van der Waals surface area contributed by atoms with E-state index in [0.29, 0.717) is 29.5 Å². The molecule has 1 saturated carbocycles. The zero-order chi connectivity index (χ0) is 20.2. The summed E-state index contributed by atoms with van der Waals surface area (Å²) in [6.07, 6.45) is 3.73. The molecule has 6 heteroatoms. The zero-order valence-corrected chi connectivity index (χ0v) is 17.1. The Labute approximate surface area is 164 Å². The van der Waals surface area contributed by atoms with Gasteiger partial charge in [0, 0.05) is 24.3 Å². The first-order chi connectivity index (χ1) is 13.2. The first-order valence-corrected chi connectivity index (χ1v) is 9.87. The average molecular weight is 381 g/mol.